The van der Waals surface area contributed by atoms with Gasteiger partial charge in [0.05, 0.1) is 41.8 Å². The summed E-state index contributed by atoms with van der Waals surface area (Å²) in [4.78, 5) is 18.3. The first-order valence-electron chi connectivity index (χ1n) is 9.90. The Balaban J connectivity index is 1.38. The molecule has 0 bridgehead atoms. The maximum absolute atomic E-state index is 13.4. The Morgan fingerprint density at radius 1 is 1.18 bits per heavy atom. The third kappa shape index (κ3) is 4.37. The van der Waals surface area contributed by atoms with Crippen LogP contribution in [0.25, 0.3) is 17.0 Å². The summed E-state index contributed by atoms with van der Waals surface area (Å²) in [6.45, 7) is 0.398. The number of rotatable bonds is 3. The number of amidine groups is 1. The molecule has 1 amide bonds. The lowest BCUT2D eigenvalue weighted by Crippen LogP contribution is -2.50. The predicted octanol–water partition coefficient (Wildman–Crippen LogP) is 5.38. The Morgan fingerprint density at radius 2 is 1.97 bits per heavy atom. The van der Waals surface area contributed by atoms with Gasteiger partial charge in [-0.1, -0.05) is 23.7 Å². The van der Waals surface area contributed by atoms with Crippen molar-refractivity contribution in [3.8, 4) is 0 Å². The summed E-state index contributed by atoms with van der Waals surface area (Å²) in [5, 5.41) is 5.47. The molecule has 0 spiro atoms. The van der Waals surface area contributed by atoms with Crippen molar-refractivity contribution in [1.82, 2.24) is 14.7 Å². The predicted molar refractivity (Wildman–Crippen MR) is 120 cm³/mol. The van der Waals surface area contributed by atoms with Gasteiger partial charge in [-0.2, -0.15) is 23.3 Å². The molecule has 33 heavy (non-hydrogen) atoms. The van der Waals surface area contributed by atoms with E-state index >= 15 is 0 Å². The summed E-state index contributed by atoms with van der Waals surface area (Å²) >= 11 is 6.96. The summed E-state index contributed by atoms with van der Waals surface area (Å²) in [6.07, 6.45) is -2.17. The van der Waals surface area contributed by atoms with Crippen molar-refractivity contribution in [2.75, 3.05) is 13.1 Å². The van der Waals surface area contributed by atoms with Crippen molar-refractivity contribution in [3.63, 3.8) is 0 Å². The highest BCUT2D eigenvalue weighted by Gasteiger charge is 2.35. The van der Waals surface area contributed by atoms with Crippen LogP contribution in [0, 0.1) is 0 Å². The van der Waals surface area contributed by atoms with Gasteiger partial charge in [-0.25, -0.2) is 4.39 Å². The van der Waals surface area contributed by atoms with Gasteiger partial charge < -0.3 is 4.90 Å². The molecule has 1 fully saturated rings. The van der Waals surface area contributed by atoms with E-state index in [-0.39, 0.29) is 36.1 Å². The van der Waals surface area contributed by atoms with Crippen LogP contribution in [0.4, 0.5) is 17.6 Å². The molecular formula is C22H15ClF4N4OS. The minimum absolute atomic E-state index is 0.0131. The number of hydrogen-bond donors (Lipinski definition) is 0. The lowest BCUT2D eigenvalue weighted by Gasteiger charge is -2.35. The number of aromatic nitrogens is 2. The molecule has 11 heteroatoms. The summed E-state index contributed by atoms with van der Waals surface area (Å²) in [5.41, 5.74) is 0.636. The summed E-state index contributed by atoms with van der Waals surface area (Å²) in [5.74, 6) is -0.379. The smallest absolute Gasteiger partial charge is 0.345 e. The van der Waals surface area contributed by atoms with Gasteiger partial charge in [0, 0.05) is 10.4 Å². The van der Waals surface area contributed by atoms with Gasteiger partial charge in [-0.05, 0) is 53.2 Å². The first-order chi connectivity index (χ1) is 15.7. The van der Waals surface area contributed by atoms with Crippen molar-refractivity contribution >= 4 is 51.4 Å². The highest BCUT2D eigenvalue weighted by atomic mass is 35.5. The van der Waals surface area contributed by atoms with E-state index in [4.69, 9.17) is 11.6 Å². The third-order valence-electron chi connectivity index (χ3n) is 5.38. The van der Waals surface area contributed by atoms with E-state index in [0.717, 1.165) is 11.6 Å². The summed E-state index contributed by atoms with van der Waals surface area (Å²) in [6, 6.07) is 8.97. The fourth-order valence-electron chi connectivity index (χ4n) is 3.70. The molecule has 0 N–H and O–H groups in total. The fourth-order valence-corrected chi connectivity index (χ4v) is 4.80. The Kier molecular flexibility index (Phi) is 5.44. The normalized spacial score (nSPS) is 18.3. The number of nitrogens with zero attached hydrogens (tertiary/aromatic N) is 4. The molecule has 3 heterocycles. The Bertz CT molecular complexity index is 1330. The van der Waals surface area contributed by atoms with Gasteiger partial charge >= 0.3 is 6.18 Å². The summed E-state index contributed by atoms with van der Waals surface area (Å²) < 4.78 is 54.8. The molecule has 2 aliphatic rings. The number of carbonyl (C=O) groups excluding carboxylic acids is 1. The van der Waals surface area contributed by atoms with Gasteiger partial charge in [-0.15, -0.1) is 0 Å². The first-order valence-corrected chi connectivity index (χ1v) is 11.1. The zero-order chi connectivity index (χ0) is 23.3. The second-order valence-electron chi connectivity index (χ2n) is 7.73. The number of thioether (sulfide) groups is 1. The third-order valence-corrected chi connectivity index (χ3v) is 6.66. The van der Waals surface area contributed by atoms with E-state index < -0.39 is 17.9 Å². The highest BCUT2D eigenvalue weighted by Crippen LogP contribution is 2.35. The lowest BCUT2D eigenvalue weighted by atomic mass is 10.1. The minimum Gasteiger partial charge on any atom is -0.345 e. The zero-order valence-electron chi connectivity index (χ0n) is 16.8. The van der Waals surface area contributed by atoms with Gasteiger partial charge in [0.15, 0.2) is 5.17 Å². The largest absolute Gasteiger partial charge is 0.416 e. The number of hydrogen-bond acceptors (Lipinski definition) is 4. The zero-order valence-corrected chi connectivity index (χ0v) is 18.4. The molecule has 170 valence electrons. The lowest BCUT2D eigenvalue weighted by molar-refractivity contribution is -0.138. The van der Waals surface area contributed by atoms with Crippen LogP contribution >= 0.6 is 23.4 Å². The van der Waals surface area contributed by atoms with E-state index in [1.165, 1.54) is 28.6 Å². The van der Waals surface area contributed by atoms with Crippen molar-refractivity contribution in [1.29, 1.82) is 0 Å². The van der Waals surface area contributed by atoms with Crippen molar-refractivity contribution in [2.24, 2.45) is 4.99 Å². The molecule has 5 rings (SSSR count). The van der Waals surface area contributed by atoms with Crippen LogP contribution in [0.1, 0.15) is 16.7 Å². The topological polar surface area (TPSA) is 50.5 Å². The van der Waals surface area contributed by atoms with Crippen molar-refractivity contribution < 1.29 is 22.4 Å². The number of alkyl halides is 4. The van der Waals surface area contributed by atoms with E-state index in [1.54, 1.807) is 35.4 Å². The van der Waals surface area contributed by atoms with E-state index in [9.17, 15) is 22.4 Å². The number of fused-ring (bicyclic) bond motifs is 1. The monoisotopic (exact) mass is 494 g/mol. The molecule has 2 aromatic carbocycles. The van der Waals surface area contributed by atoms with Crippen LogP contribution in [-0.4, -0.2) is 45.0 Å². The van der Waals surface area contributed by atoms with Crippen LogP contribution in [-0.2, 0) is 17.5 Å². The molecule has 0 atom stereocenters. The highest BCUT2D eigenvalue weighted by molar-refractivity contribution is 8.18. The van der Waals surface area contributed by atoms with Gasteiger partial charge in [0.1, 0.15) is 6.17 Å². The SMILES string of the molecule is O=C1N=C(N2CC(F)C2)SC1=Cc1ccc2c(cnn2Cc2ccc(Cl)cc2C(F)(F)F)c1. The maximum atomic E-state index is 13.4. The molecule has 0 radical (unpaired) electrons. The van der Waals surface area contributed by atoms with Crippen molar-refractivity contribution in [2.45, 2.75) is 18.9 Å². The van der Waals surface area contributed by atoms with E-state index in [0.29, 0.717) is 21.0 Å². The number of aliphatic imine (C=N–C) groups is 1. The number of benzene rings is 2. The average Bonchev–Trinajstić information content (AvgIpc) is 3.29. The Labute approximate surface area is 194 Å². The fraction of sp³-hybridized carbons (Fsp3) is 0.227. The Morgan fingerprint density at radius 3 is 2.70 bits per heavy atom. The average molecular weight is 495 g/mol. The number of carbonyl (C=O) groups is 1. The van der Waals surface area contributed by atoms with E-state index in [2.05, 4.69) is 10.1 Å². The van der Waals surface area contributed by atoms with E-state index in [1.807, 2.05) is 0 Å². The van der Waals surface area contributed by atoms with Crippen LogP contribution in [0.3, 0.4) is 0 Å². The van der Waals surface area contributed by atoms with Gasteiger partial charge in [-0.3, -0.25) is 9.48 Å². The quantitative estimate of drug-likeness (QED) is 0.362. The number of likely N-dealkylation sites (tertiary alicyclic amines) is 1. The van der Waals surface area contributed by atoms with Crippen LogP contribution < -0.4 is 0 Å². The molecule has 5 nitrogen and oxygen atoms in total. The number of halogens is 5. The summed E-state index contributed by atoms with van der Waals surface area (Å²) in [7, 11) is 0. The van der Waals surface area contributed by atoms with Crippen molar-refractivity contribution in [3.05, 3.63) is 69.2 Å². The Hall–Kier alpha value is -2.85. The molecule has 0 unspecified atom stereocenters. The molecule has 0 aliphatic carbocycles. The molecule has 1 aromatic heterocycles. The van der Waals surface area contributed by atoms with Crippen LogP contribution in [0.2, 0.25) is 5.02 Å². The van der Waals surface area contributed by atoms with Gasteiger partial charge in [0.25, 0.3) is 5.91 Å². The maximum Gasteiger partial charge on any atom is 0.416 e. The second kappa shape index (κ2) is 8.18. The van der Waals surface area contributed by atoms with Gasteiger partial charge in [0.2, 0.25) is 0 Å². The minimum atomic E-state index is -4.53. The molecule has 2 aliphatic heterocycles. The van der Waals surface area contributed by atoms with Crippen LogP contribution in [0.5, 0.6) is 0 Å². The molecule has 1 saturated heterocycles. The first kappa shape index (κ1) is 22.0. The standard InChI is InChI=1S/C22H15ClF4N4OS/c23-15-3-2-13(17(7-15)22(25,26)27)9-31-18-4-1-12(5-14(18)8-28-31)6-19-20(32)29-21(33-19)30-10-16(24)11-30/h1-8,16H,9-11H2. The number of amides is 1. The van der Waals surface area contributed by atoms with Crippen LogP contribution in [0.15, 0.2) is 52.5 Å². The molecule has 0 saturated carbocycles. The molecule has 3 aromatic rings. The molecular weight excluding hydrogens is 480 g/mol. The second-order valence-corrected chi connectivity index (χ2v) is 9.18.